The lowest BCUT2D eigenvalue weighted by Gasteiger charge is -2.25. The number of carboxylic acids is 1. The number of carboxylic acid groups (broad SMARTS) is 1. The maximum Gasteiger partial charge on any atom is 0.328 e. The lowest BCUT2D eigenvalue weighted by atomic mass is 10.2. The van der Waals surface area contributed by atoms with E-state index in [9.17, 15) is 14.4 Å². The Morgan fingerprint density at radius 2 is 2.14 bits per heavy atom. The predicted molar refractivity (Wildman–Crippen MR) is 72.8 cm³/mol. The molecule has 0 aromatic carbocycles. The highest BCUT2D eigenvalue weighted by Gasteiger charge is 2.36. The Morgan fingerprint density at radius 1 is 1.43 bits per heavy atom. The van der Waals surface area contributed by atoms with Crippen LogP contribution in [-0.2, 0) is 19.1 Å². The molecule has 120 valence electrons. The number of esters is 1. The number of hydrogen-bond acceptors (Lipinski definition) is 5. The van der Waals surface area contributed by atoms with Gasteiger partial charge in [-0.2, -0.15) is 0 Å². The van der Waals surface area contributed by atoms with E-state index in [2.05, 4.69) is 5.32 Å². The van der Waals surface area contributed by atoms with Gasteiger partial charge in [-0.3, -0.25) is 0 Å². The van der Waals surface area contributed by atoms with Crippen molar-refractivity contribution in [2.45, 2.75) is 38.3 Å². The second kappa shape index (κ2) is 8.46. The van der Waals surface area contributed by atoms with Crippen LogP contribution in [0.2, 0.25) is 0 Å². The maximum atomic E-state index is 12.1. The van der Waals surface area contributed by atoms with Crippen LogP contribution >= 0.6 is 0 Å². The Hall–Kier alpha value is -1.83. The van der Waals surface area contributed by atoms with Gasteiger partial charge in [0.1, 0.15) is 12.1 Å². The monoisotopic (exact) mass is 302 g/mol. The molecule has 1 aliphatic rings. The molecule has 0 aromatic heterocycles. The molecule has 1 rings (SSSR count). The Kier molecular flexibility index (Phi) is 6.93. The molecule has 2 atom stereocenters. The van der Waals surface area contributed by atoms with Crippen LogP contribution in [0.25, 0.3) is 0 Å². The van der Waals surface area contributed by atoms with Crippen molar-refractivity contribution >= 4 is 18.0 Å². The fraction of sp³-hybridized carbons (Fsp3) is 0.769. The van der Waals surface area contributed by atoms with Gasteiger partial charge in [0.2, 0.25) is 0 Å². The molecule has 8 heteroatoms. The number of nitrogens with zero attached hydrogens (tertiary/aromatic N) is 1. The average Bonchev–Trinajstić information content (AvgIpc) is 2.92. The summed E-state index contributed by atoms with van der Waals surface area (Å²) >= 11 is 0. The van der Waals surface area contributed by atoms with E-state index in [1.807, 2.05) is 0 Å². The molecule has 2 amide bonds. The van der Waals surface area contributed by atoms with Gasteiger partial charge in [0.05, 0.1) is 6.61 Å². The van der Waals surface area contributed by atoms with Crippen LogP contribution in [-0.4, -0.2) is 66.9 Å². The highest BCUT2D eigenvalue weighted by molar-refractivity contribution is 5.87. The molecule has 0 bridgehead atoms. The molecule has 0 aliphatic carbocycles. The average molecular weight is 302 g/mol. The molecule has 0 saturated carbocycles. The topological polar surface area (TPSA) is 105 Å². The summed E-state index contributed by atoms with van der Waals surface area (Å²) in [6, 6.07) is -2.24. The lowest BCUT2D eigenvalue weighted by molar-refractivity contribution is -0.147. The number of methoxy groups -OCH3 is 1. The van der Waals surface area contributed by atoms with Gasteiger partial charge < -0.3 is 24.8 Å². The fourth-order valence-electron chi connectivity index (χ4n) is 2.22. The van der Waals surface area contributed by atoms with Crippen LogP contribution < -0.4 is 5.32 Å². The first-order valence-corrected chi connectivity index (χ1v) is 6.96. The summed E-state index contributed by atoms with van der Waals surface area (Å²) < 4.78 is 9.75. The second-order valence-electron chi connectivity index (χ2n) is 4.73. The van der Waals surface area contributed by atoms with Crippen LogP contribution in [0.1, 0.15) is 26.2 Å². The van der Waals surface area contributed by atoms with E-state index in [0.717, 1.165) is 0 Å². The summed E-state index contributed by atoms with van der Waals surface area (Å²) in [4.78, 5) is 36.3. The third-order valence-electron chi connectivity index (χ3n) is 3.28. The van der Waals surface area contributed by atoms with Crippen LogP contribution in [0.4, 0.5) is 4.79 Å². The number of likely N-dealkylation sites (tertiary alicyclic amines) is 1. The first-order valence-electron chi connectivity index (χ1n) is 6.96. The number of carbonyl (C=O) groups is 3. The van der Waals surface area contributed by atoms with E-state index < -0.39 is 30.1 Å². The Morgan fingerprint density at radius 3 is 2.71 bits per heavy atom. The van der Waals surface area contributed by atoms with Crippen molar-refractivity contribution in [2.75, 3.05) is 26.9 Å². The molecule has 1 fully saturated rings. The zero-order chi connectivity index (χ0) is 15.8. The van der Waals surface area contributed by atoms with Gasteiger partial charge >= 0.3 is 18.0 Å². The molecule has 1 saturated heterocycles. The van der Waals surface area contributed by atoms with Crippen molar-refractivity contribution in [2.24, 2.45) is 0 Å². The minimum Gasteiger partial charge on any atom is -0.480 e. The number of hydrogen-bond donors (Lipinski definition) is 2. The van der Waals surface area contributed by atoms with Crippen LogP contribution in [0.5, 0.6) is 0 Å². The quantitative estimate of drug-likeness (QED) is 0.651. The molecule has 1 heterocycles. The molecular formula is C13H22N2O6. The highest BCUT2D eigenvalue weighted by Crippen LogP contribution is 2.18. The summed E-state index contributed by atoms with van der Waals surface area (Å²) in [6.45, 7) is 2.57. The van der Waals surface area contributed by atoms with E-state index in [1.165, 1.54) is 12.0 Å². The molecule has 0 radical (unpaired) electrons. The van der Waals surface area contributed by atoms with E-state index in [-0.39, 0.29) is 19.6 Å². The molecule has 0 aromatic rings. The highest BCUT2D eigenvalue weighted by atomic mass is 16.5. The van der Waals surface area contributed by atoms with E-state index >= 15 is 0 Å². The summed E-state index contributed by atoms with van der Waals surface area (Å²) in [5.74, 6) is -1.58. The van der Waals surface area contributed by atoms with Crippen LogP contribution in [0.15, 0.2) is 0 Å². The molecular weight excluding hydrogens is 280 g/mol. The van der Waals surface area contributed by atoms with Gasteiger partial charge in [0, 0.05) is 26.7 Å². The SMILES string of the molecule is CCOC(=O)C1CCCN1C(=O)NC(CCOC)C(=O)O. The normalized spacial score (nSPS) is 19.1. The number of nitrogens with one attached hydrogen (secondary N) is 1. The molecule has 8 nitrogen and oxygen atoms in total. The molecule has 2 N–H and O–H groups in total. The van der Waals surface area contributed by atoms with Gasteiger partial charge in [-0.1, -0.05) is 0 Å². The van der Waals surface area contributed by atoms with E-state index in [0.29, 0.717) is 19.4 Å². The Balaban J connectivity index is 2.63. The number of urea groups is 1. The summed E-state index contributed by atoms with van der Waals surface area (Å²) in [7, 11) is 1.46. The van der Waals surface area contributed by atoms with Gasteiger partial charge in [-0.05, 0) is 19.8 Å². The van der Waals surface area contributed by atoms with Gasteiger partial charge in [-0.25, -0.2) is 14.4 Å². The number of aliphatic carboxylic acids is 1. The molecule has 0 spiro atoms. The smallest absolute Gasteiger partial charge is 0.328 e. The van der Waals surface area contributed by atoms with Crippen molar-refractivity contribution < 1.29 is 29.0 Å². The Bertz CT molecular complexity index is 387. The Labute approximate surface area is 123 Å². The van der Waals surface area contributed by atoms with Crippen LogP contribution in [0.3, 0.4) is 0 Å². The minimum absolute atomic E-state index is 0.162. The summed E-state index contributed by atoms with van der Waals surface area (Å²) in [5.41, 5.74) is 0. The predicted octanol–water partition coefficient (Wildman–Crippen LogP) is 0.213. The molecule has 21 heavy (non-hydrogen) atoms. The third-order valence-corrected chi connectivity index (χ3v) is 3.28. The maximum absolute atomic E-state index is 12.1. The minimum atomic E-state index is -1.13. The number of carbonyl (C=O) groups excluding carboxylic acids is 2. The zero-order valence-corrected chi connectivity index (χ0v) is 12.3. The molecule has 1 aliphatic heterocycles. The van der Waals surface area contributed by atoms with Crippen molar-refractivity contribution in [1.82, 2.24) is 10.2 Å². The zero-order valence-electron chi connectivity index (χ0n) is 12.3. The first-order chi connectivity index (χ1) is 10.0. The van der Waals surface area contributed by atoms with Gasteiger partial charge in [0.15, 0.2) is 0 Å². The summed E-state index contributed by atoms with van der Waals surface area (Å²) in [6.07, 6.45) is 1.38. The number of ether oxygens (including phenoxy) is 2. The van der Waals surface area contributed by atoms with Gasteiger partial charge in [0.25, 0.3) is 0 Å². The van der Waals surface area contributed by atoms with Crippen molar-refractivity contribution in [3.63, 3.8) is 0 Å². The fourth-order valence-corrected chi connectivity index (χ4v) is 2.22. The van der Waals surface area contributed by atoms with Crippen molar-refractivity contribution in [3.8, 4) is 0 Å². The van der Waals surface area contributed by atoms with E-state index in [1.54, 1.807) is 6.92 Å². The van der Waals surface area contributed by atoms with Crippen LogP contribution in [0, 0.1) is 0 Å². The largest absolute Gasteiger partial charge is 0.480 e. The molecule has 2 unspecified atom stereocenters. The lowest BCUT2D eigenvalue weighted by Crippen LogP contribution is -2.51. The van der Waals surface area contributed by atoms with Crippen molar-refractivity contribution in [1.29, 1.82) is 0 Å². The number of amides is 2. The second-order valence-corrected chi connectivity index (χ2v) is 4.73. The van der Waals surface area contributed by atoms with Gasteiger partial charge in [-0.15, -0.1) is 0 Å². The van der Waals surface area contributed by atoms with E-state index in [4.69, 9.17) is 14.6 Å². The summed E-state index contributed by atoms with van der Waals surface area (Å²) in [5, 5.41) is 11.5. The standard InChI is InChI=1S/C13H22N2O6/c1-3-21-12(18)10-5-4-7-15(10)13(19)14-9(11(16)17)6-8-20-2/h9-10H,3-8H2,1-2H3,(H,14,19)(H,16,17). The third kappa shape index (κ3) is 4.89. The first kappa shape index (κ1) is 17.2. The number of rotatable bonds is 7. The van der Waals surface area contributed by atoms with Crippen molar-refractivity contribution in [3.05, 3.63) is 0 Å².